The number of amides is 1. The average molecular weight is 360 g/mol. The van der Waals surface area contributed by atoms with E-state index in [4.69, 9.17) is 0 Å². The molecule has 2 atom stereocenters. The van der Waals surface area contributed by atoms with E-state index in [0.29, 0.717) is 16.8 Å². The van der Waals surface area contributed by atoms with E-state index in [1.54, 1.807) is 33.0 Å². The quantitative estimate of drug-likeness (QED) is 0.862. The average Bonchev–Trinajstić information content (AvgIpc) is 2.76. The number of hydrogen-bond donors (Lipinski definition) is 2. The molecule has 2 aromatic rings. The van der Waals surface area contributed by atoms with Gasteiger partial charge in [-0.15, -0.1) is 0 Å². The van der Waals surface area contributed by atoms with Gasteiger partial charge in [0.05, 0.1) is 23.2 Å². The van der Waals surface area contributed by atoms with Crippen LogP contribution in [0.4, 0.5) is 14.5 Å². The zero-order valence-electron chi connectivity index (χ0n) is 15.0. The molecule has 0 saturated heterocycles. The minimum Gasteiger partial charge on any atom is -0.389 e. The number of likely N-dealkylation sites (N-methyl/N-ethyl adjacent to an activating group) is 1. The van der Waals surface area contributed by atoms with Gasteiger partial charge in [-0.3, -0.25) is 4.79 Å². The predicted molar refractivity (Wildman–Crippen MR) is 96.0 cm³/mol. The highest BCUT2D eigenvalue weighted by molar-refractivity contribution is 6.08. The van der Waals surface area contributed by atoms with Crippen LogP contribution in [-0.4, -0.2) is 30.7 Å². The van der Waals surface area contributed by atoms with Gasteiger partial charge in [0.25, 0.3) is 0 Å². The van der Waals surface area contributed by atoms with Crippen LogP contribution >= 0.6 is 0 Å². The molecule has 0 bridgehead atoms. The third-order valence-corrected chi connectivity index (χ3v) is 4.89. The van der Waals surface area contributed by atoms with Gasteiger partial charge < -0.3 is 15.3 Å². The standard InChI is InChI=1S/C20H22F2N2O2/c1-20(2)15-8-7-14(22)10-16(15)24(19(20)26)18(17(25)11-23-3)12-5-4-6-13(21)9-12/h4-10,17-18,23,25H,11H2,1-3H3/t17-,18+/m1/s1. The number of nitrogens with zero attached hydrogens (tertiary/aromatic N) is 1. The van der Waals surface area contributed by atoms with Crippen molar-refractivity contribution in [3.63, 3.8) is 0 Å². The van der Waals surface area contributed by atoms with Crippen LogP contribution in [0.1, 0.15) is 31.0 Å². The molecule has 0 spiro atoms. The van der Waals surface area contributed by atoms with Gasteiger partial charge in [-0.1, -0.05) is 18.2 Å². The predicted octanol–water partition coefficient (Wildman–Crippen LogP) is 2.91. The summed E-state index contributed by atoms with van der Waals surface area (Å²) in [7, 11) is 1.68. The summed E-state index contributed by atoms with van der Waals surface area (Å²) in [4.78, 5) is 14.6. The summed E-state index contributed by atoms with van der Waals surface area (Å²) in [5.41, 5.74) is 0.675. The Bertz CT molecular complexity index is 838. The Labute approximate surface area is 151 Å². The van der Waals surface area contributed by atoms with Crippen LogP contribution in [-0.2, 0) is 10.2 Å². The van der Waals surface area contributed by atoms with Crippen LogP contribution < -0.4 is 10.2 Å². The van der Waals surface area contributed by atoms with Gasteiger partial charge in [-0.05, 0) is 56.3 Å². The number of aliphatic hydroxyl groups excluding tert-OH is 1. The number of aliphatic hydroxyl groups is 1. The fraction of sp³-hybridized carbons (Fsp3) is 0.350. The maximum Gasteiger partial charge on any atom is 0.237 e. The fourth-order valence-electron chi connectivity index (χ4n) is 3.59. The van der Waals surface area contributed by atoms with E-state index >= 15 is 0 Å². The fourth-order valence-corrected chi connectivity index (χ4v) is 3.59. The first-order chi connectivity index (χ1) is 12.3. The van der Waals surface area contributed by atoms with Gasteiger partial charge >= 0.3 is 0 Å². The van der Waals surface area contributed by atoms with E-state index in [2.05, 4.69) is 5.32 Å². The number of carbonyl (C=O) groups excluding carboxylic acids is 1. The van der Waals surface area contributed by atoms with Crippen molar-refractivity contribution in [2.24, 2.45) is 0 Å². The lowest BCUT2D eigenvalue weighted by molar-refractivity contribution is -0.123. The highest BCUT2D eigenvalue weighted by atomic mass is 19.1. The highest BCUT2D eigenvalue weighted by Gasteiger charge is 2.48. The molecular formula is C20H22F2N2O2. The minimum atomic E-state index is -1.00. The van der Waals surface area contributed by atoms with Crippen LogP contribution in [0, 0.1) is 11.6 Å². The SMILES string of the molecule is CNC[C@@H](O)[C@H](c1cccc(F)c1)N1C(=O)C(C)(C)c2ccc(F)cc21. The Morgan fingerprint density at radius 3 is 2.50 bits per heavy atom. The molecule has 0 saturated carbocycles. The monoisotopic (exact) mass is 360 g/mol. The molecule has 2 N–H and O–H groups in total. The topological polar surface area (TPSA) is 52.6 Å². The number of nitrogens with one attached hydrogen (secondary N) is 1. The second-order valence-corrected chi connectivity index (χ2v) is 7.09. The van der Waals surface area contributed by atoms with Crippen molar-refractivity contribution < 1.29 is 18.7 Å². The lowest BCUT2D eigenvalue weighted by Crippen LogP contribution is -2.45. The van der Waals surface area contributed by atoms with Crippen molar-refractivity contribution in [3.05, 3.63) is 65.2 Å². The first-order valence-corrected chi connectivity index (χ1v) is 8.49. The molecule has 26 heavy (non-hydrogen) atoms. The molecular weight excluding hydrogens is 338 g/mol. The van der Waals surface area contributed by atoms with Gasteiger partial charge in [0.15, 0.2) is 0 Å². The molecule has 0 fully saturated rings. The van der Waals surface area contributed by atoms with Gasteiger partial charge in [-0.2, -0.15) is 0 Å². The number of hydrogen-bond acceptors (Lipinski definition) is 3. The molecule has 2 aromatic carbocycles. The minimum absolute atomic E-state index is 0.191. The number of carbonyl (C=O) groups is 1. The Morgan fingerprint density at radius 2 is 1.85 bits per heavy atom. The molecule has 0 unspecified atom stereocenters. The highest BCUT2D eigenvalue weighted by Crippen LogP contribution is 2.46. The van der Waals surface area contributed by atoms with Crippen molar-refractivity contribution in [2.45, 2.75) is 31.4 Å². The largest absolute Gasteiger partial charge is 0.389 e. The summed E-state index contributed by atoms with van der Waals surface area (Å²) in [5, 5.41) is 13.6. The van der Waals surface area contributed by atoms with Gasteiger partial charge in [0.2, 0.25) is 5.91 Å². The van der Waals surface area contributed by atoms with E-state index in [1.807, 2.05) is 0 Å². The number of halogens is 2. The molecule has 4 nitrogen and oxygen atoms in total. The molecule has 1 heterocycles. The zero-order valence-corrected chi connectivity index (χ0v) is 15.0. The third kappa shape index (κ3) is 2.99. The van der Waals surface area contributed by atoms with E-state index in [1.165, 1.54) is 35.2 Å². The Kier molecular flexibility index (Phi) is 4.82. The Morgan fingerprint density at radius 1 is 1.15 bits per heavy atom. The van der Waals surface area contributed by atoms with Gasteiger partial charge in [-0.25, -0.2) is 8.78 Å². The molecule has 0 radical (unpaired) electrons. The molecule has 1 aliphatic rings. The lowest BCUT2D eigenvalue weighted by atomic mass is 9.86. The second kappa shape index (κ2) is 6.78. The summed E-state index contributed by atoms with van der Waals surface area (Å²) in [6, 6.07) is 9.14. The Hall–Kier alpha value is -2.31. The molecule has 1 aliphatic heterocycles. The number of anilines is 1. The van der Waals surface area contributed by atoms with Crippen LogP contribution in [0.3, 0.4) is 0 Å². The van der Waals surface area contributed by atoms with Crippen LogP contribution in [0.15, 0.2) is 42.5 Å². The molecule has 138 valence electrons. The number of fused-ring (bicyclic) bond motifs is 1. The summed E-state index contributed by atoms with van der Waals surface area (Å²) in [5.74, 6) is -1.20. The van der Waals surface area contributed by atoms with Crippen molar-refractivity contribution >= 4 is 11.6 Å². The van der Waals surface area contributed by atoms with Crippen LogP contribution in [0.2, 0.25) is 0 Å². The summed E-state index contributed by atoms with van der Waals surface area (Å²) >= 11 is 0. The van der Waals surface area contributed by atoms with Crippen molar-refractivity contribution in [1.82, 2.24) is 5.32 Å². The van der Waals surface area contributed by atoms with E-state index in [-0.39, 0.29) is 12.5 Å². The first kappa shape index (κ1) is 18.5. The van der Waals surface area contributed by atoms with Crippen molar-refractivity contribution in [3.8, 4) is 0 Å². The zero-order chi connectivity index (χ0) is 19.1. The van der Waals surface area contributed by atoms with Crippen LogP contribution in [0.25, 0.3) is 0 Å². The summed E-state index contributed by atoms with van der Waals surface area (Å²) in [6.07, 6.45) is -1.00. The van der Waals surface area contributed by atoms with E-state index < -0.39 is 29.2 Å². The van der Waals surface area contributed by atoms with Gasteiger partial charge in [0, 0.05) is 6.54 Å². The first-order valence-electron chi connectivity index (χ1n) is 8.49. The van der Waals surface area contributed by atoms with Crippen molar-refractivity contribution in [1.29, 1.82) is 0 Å². The smallest absolute Gasteiger partial charge is 0.237 e. The maximum absolute atomic E-state index is 13.9. The lowest BCUT2D eigenvalue weighted by Gasteiger charge is -2.33. The maximum atomic E-state index is 13.9. The number of benzene rings is 2. The molecule has 6 heteroatoms. The molecule has 0 aliphatic carbocycles. The molecule has 1 amide bonds. The summed E-state index contributed by atoms with van der Waals surface area (Å²) in [6.45, 7) is 3.72. The third-order valence-electron chi connectivity index (χ3n) is 4.89. The van der Waals surface area contributed by atoms with Gasteiger partial charge in [0.1, 0.15) is 11.6 Å². The second-order valence-electron chi connectivity index (χ2n) is 7.09. The van der Waals surface area contributed by atoms with E-state index in [0.717, 1.165) is 0 Å². The Balaban J connectivity index is 2.18. The molecule has 0 aromatic heterocycles. The normalized spacial score (nSPS) is 17.9. The summed E-state index contributed by atoms with van der Waals surface area (Å²) < 4.78 is 27.7. The molecule has 3 rings (SSSR count). The van der Waals surface area contributed by atoms with Crippen LogP contribution in [0.5, 0.6) is 0 Å². The van der Waals surface area contributed by atoms with Crippen molar-refractivity contribution in [2.75, 3.05) is 18.5 Å². The van der Waals surface area contributed by atoms with E-state index in [9.17, 15) is 18.7 Å². The number of rotatable bonds is 5.